The molecule has 3 nitrogen and oxygen atoms in total. The van der Waals surface area contributed by atoms with E-state index in [0.717, 1.165) is 30.2 Å². The fourth-order valence-corrected chi connectivity index (χ4v) is 2.94. The summed E-state index contributed by atoms with van der Waals surface area (Å²) in [5.41, 5.74) is 2.46. The van der Waals surface area contributed by atoms with Crippen molar-refractivity contribution >= 4 is 21.9 Å². The maximum Gasteiger partial charge on any atom is 0.335 e. The van der Waals surface area contributed by atoms with Gasteiger partial charge in [-0.05, 0) is 43.2 Å². The summed E-state index contributed by atoms with van der Waals surface area (Å²) in [7, 11) is 0. The molecule has 1 unspecified atom stereocenters. The monoisotopic (exact) mass is 412 g/mol. The molecule has 1 rings (SSSR count). The normalized spacial score (nSPS) is 12.1. The molecule has 4 heteroatoms. The molecule has 25 heavy (non-hydrogen) atoms. The lowest BCUT2D eigenvalue weighted by atomic mass is 10.1. The largest absolute Gasteiger partial charge is 0.464 e. The highest BCUT2D eigenvalue weighted by atomic mass is 79.9. The molecule has 0 N–H and O–H groups in total. The molecule has 0 fully saturated rings. The molecule has 1 aromatic rings. The molecule has 1 aromatic carbocycles. The number of hydrogen-bond donors (Lipinski definition) is 0. The van der Waals surface area contributed by atoms with Gasteiger partial charge in [-0.15, -0.1) is 0 Å². The Labute approximate surface area is 161 Å². The van der Waals surface area contributed by atoms with Crippen molar-refractivity contribution in [3.63, 3.8) is 0 Å². The average Bonchev–Trinajstić information content (AvgIpc) is 2.64. The van der Waals surface area contributed by atoms with Crippen LogP contribution in [0.1, 0.15) is 69.9 Å². The number of unbranched alkanes of at least 4 members (excludes halogenated alkanes) is 4. The molecule has 0 bridgehead atoms. The molecular weight excluding hydrogens is 380 g/mol. The lowest BCUT2D eigenvalue weighted by molar-refractivity contribution is -0.158. The molecule has 0 aliphatic carbocycles. The Morgan fingerprint density at radius 1 is 1.00 bits per heavy atom. The number of aryl methyl sites for hydroxylation is 1. The topological polar surface area (TPSA) is 35.5 Å². The lowest BCUT2D eigenvalue weighted by Gasteiger charge is -2.15. The highest BCUT2D eigenvalue weighted by Gasteiger charge is 2.18. The fraction of sp³-hybridized carbons (Fsp3) is 0.667. The zero-order valence-corrected chi connectivity index (χ0v) is 17.4. The Kier molecular flexibility index (Phi) is 12.7. The molecule has 0 radical (unpaired) electrons. The van der Waals surface area contributed by atoms with Gasteiger partial charge < -0.3 is 9.47 Å². The van der Waals surface area contributed by atoms with Gasteiger partial charge in [0.1, 0.15) is 0 Å². The lowest BCUT2D eigenvalue weighted by Crippen LogP contribution is -2.26. The molecule has 0 spiro atoms. The number of carbonyl (C=O) groups excluding carboxylic acids is 1. The SMILES string of the molecule is CCCCc1ccc(COC(CC)C(=O)OCCCCCCBr)cc1. The van der Waals surface area contributed by atoms with Crippen molar-refractivity contribution in [2.45, 2.75) is 77.9 Å². The highest BCUT2D eigenvalue weighted by molar-refractivity contribution is 9.09. The molecule has 0 aromatic heterocycles. The summed E-state index contributed by atoms with van der Waals surface area (Å²) in [5.74, 6) is -0.234. The van der Waals surface area contributed by atoms with Crippen LogP contribution < -0.4 is 0 Å². The van der Waals surface area contributed by atoms with Gasteiger partial charge in [0, 0.05) is 5.33 Å². The van der Waals surface area contributed by atoms with E-state index in [0.29, 0.717) is 19.6 Å². The molecule has 0 heterocycles. The molecule has 0 saturated heterocycles. The summed E-state index contributed by atoms with van der Waals surface area (Å²) < 4.78 is 11.1. The van der Waals surface area contributed by atoms with E-state index in [4.69, 9.17) is 9.47 Å². The summed E-state index contributed by atoms with van der Waals surface area (Å²) in [6, 6.07) is 8.49. The molecule has 0 amide bonds. The first-order valence-electron chi connectivity index (χ1n) is 9.63. The number of rotatable bonds is 14. The van der Waals surface area contributed by atoms with Crippen molar-refractivity contribution in [2.75, 3.05) is 11.9 Å². The maximum absolute atomic E-state index is 12.1. The second kappa shape index (κ2) is 14.3. The minimum atomic E-state index is -0.470. The second-order valence-corrected chi connectivity index (χ2v) is 7.19. The van der Waals surface area contributed by atoms with E-state index in [9.17, 15) is 4.79 Å². The van der Waals surface area contributed by atoms with Crippen LogP contribution in [-0.4, -0.2) is 24.0 Å². The van der Waals surface area contributed by atoms with E-state index in [1.165, 1.54) is 31.2 Å². The summed E-state index contributed by atoms with van der Waals surface area (Å²) in [6.45, 7) is 5.10. The number of benzene rings is 1. The van der Waals surface area contributed by atoms with Crippen LogP contribution in [0.15, 0.2) is 24.3 Å². The number of esters is 1. The first-order chi connectivity index (χ1) is 12.2. The molecule has 1 atom stereocenters. The minimum absolute atomic E-state index is 0.234. The van der Waals surface area contributed by atoms with Gasteiger partial charge in [-0.3, -0.25) is 0 Å². The molecule has 0 aliphatic rings. The third-order valence-electron chi connectivity index (χ3n) is 4.20. The van der Waals surface area contributed by atoms with Crippen molar-refractivity contribution in [2.24, 2.45) is 0 Å². The summed E-state index contributed by atoms with van der Waals surface area (Å²) in [5, 5.41) is 1.04. The van der Waals surface area contributed by atoms with Crippen LogP contribution in [0.2, 0.25) is 0 Å². The Balaban J connectivity index is 2.28. The number of hydrogen-bond acceptors (Lipinski definition) is 3. The summed E-state index contributed by atoms with van der Waals surface area (Å²) in [6.07, 6.45) is 8.08. The average molecular weight is 413 g/mol. The Bertz CT molecular complexity index is 459. The van der Waals surface area contributed by atoms with Gasteiger partial charge in [-0.2, -0.15) is 0 Å². The van der Waals surface area contributed by atoms with Gasteiger partial charge in [-0.25, -0.2) is 4.79 Å². The van der Waals surface area contributed by atoms with Crippen molar-refractivity contribution in [1.29, 1.82) is 0 Å². The quantitative estimate of drug-likeness (QED) is 0.219. The minimum Gasteiger partial charge on any atom is -0.464 e. The van der Waals surface area contributed by atoms with Gasteiger partial charge in [0.05, 0.1) is 13.2 Å². The van der Waals surface area contributed by atoms with Gasteiger partial charge in [0.2, 0.25) is 0 Å². The fourth-order valence-electron chi connectivity index (χ4n) is 2.55. The van der Waals surface area contributed by atoms with Gasteiger partial charge in [0.15, 0.2) is 6.10 Å². The predicted molar refractivity (Wildman–Crippen MR) is 107 cm³/mol. The van der Waals surface area contributed by atoms with E-state index >= 15 is 0 Å². The van der Waals surface area contributed by atoms with E-state index in [2.05, 4.69) is 47.1 Å². The van der Waals surface area contributed by atoms with E-state index in [1.54, 1.807) is 0 Å². The Morgan fingerprint density at radius 3 is 2.32 bits per heavy atom. The van der Waals surface area contributed by atoms with Crippen LogP contribution >= 0.6 is 15.9 Å². The summed E-state index contributed by atoms with van der Waals surface area (Å²) in [4.78, 5) is 12.1. The highest BCUT2D eigenvalue weighted by Crippen LogP contribution is 2.12. The first kappa shape index (κ1) is 22.2. The van der Waals surface area contributed by atoms with Crippen LogP contribution in [-0.2, 0) is 27.3 Å². The zero-order chi connectivity index (χ0) is 18.3. The number of halogens is 1. The van der Waals surface area contributed by atoms with Gasteiger partial charge in [-0.1, -0.05) is 73.3 Å². The van der Waals surface area contributed by atoms with Crippen LogP contribution in [0.25, 0.3) is 0 Å². The summed E-state index contributed by atoms with van der Waals surface area (Å²) >= 11 is 3.42. The Hall–Kier alpha value is -0.870. The van der Waals surface area contributed by atoms with E-state index in [1.807, 2.05) is 6.92 Å². The third kappa shape index (κ3) is 10.0. The third-order valence-corrected chi connectivity index (χ3v) is 4.76. The van der Waals surface area contributed by atoms with E-state index < -0.39 is 6.10 Å². The number of ether oxygens (including phenoxy) is 2. The van der Waals surface area contributed by atoms with Crippen molar-refractivity contribution in [3.8, 4) is 0 Å². The molecule has 142 valence electrons. The predicted octanol–water partition coefficient (Wildman–Crippen LogP) is 5.82. The number of carbonyl (C=O) groups is 1. The van der Waals surface area contributed by atoms with Gasteiger partial charge in [0.25, 0.3) is 0 Å². The second-order valence-electron chi connectivity index (χ2n) is 6.40. The van der Waals surface area contributed by atoms with Crippen LogP contribution in [0.3, 0.4) is 0 Å². The van der Waals surface area contributed by atoms with Crippen LogP contribution in [0.5, 0.6) is 0 Å². The Morgan fingerprint density at radius 2 is 1.68 bits per heavy atom. The van der Waals surface area contributed by atoms with Crippen molar-refractivity contribution in [3.05, 3.63) is 35.4 Å². The van der Waals surface area contributed by atoms with Crippen LogP contribution in [0, 0.1) is 0 Å². The molecular formula is C21H33BrO3. The number of alkyl halides is 1. The maximum atomic E-state index is 12.1. The standard InChI is InChI=1S/C21H33BrO3/c1-3-5-10-18-11-13-19(14-12-18)17-25-20(4-2)21(23)24-16-9-7-6-8-15-22/h11-14,20H,3-10,15-17H2,1-2H3. The van der Waals surface area contributed by atoms with Crippen molar-refractivity contribution < 1.29 is 14.3 Å². The smallest absolute Gasteiger partial charge is 0.335 e. The van der Waals surface area contributed by atoms with Crippen LogP contribution in [0.4, 0.5) is 0 Å². The van der Waals surface area contributed by atoms with E-state index in [-0.39, 0.29) is 5.97 Å². The first-order valence-corrected chi connectivity index (χ1v) is 10.7. The zero-order valence-electron chi connectivity index (χ0n) is 15.8. The molecule has 0 saturated carbocycles. The van der Waals surface area contributed by atoms with Crippen molar-refractivity contribution in [1.82, 2.24) is 0 Å². The van der Waals surface area contributed by atoms with Gasteiger partial charge >= 0.3 is 5.97 Å². The molecule has 0 aliphatic heterocycles.